The molecule has 1 atom stereocenters. The smallest absolute Gasteiger partial charge is 0.240 e. The van der Waals surface area contributed by atoms with Gasteiger partial charge in [0.2, 0.25) is 5.91 Å². The molecule has 0 aliphatic carbocycles. The van der Waals surface area contributed by atoms with Gasteiger partial charge >= 0.3 is 0 Å². The quantitative estimate of drug-likeness (QED) is 0.807. The van der Waals surface area contributed by atoms with Crippen molar-refractivity contribution in [1.82, 2.24) is 0 Å². The first kappa shape index (κ1) is 13.5. The van der Waals surface area contributed by atoms with Crippen molar-refractivity contribution in [3.8, 4) is 5.75 Å². The van der Waals surface area contributed by atoms with Crippen molar-refractivity contribution >= 4 is 17.3 Å². The van der Waals surface area contributed by atoms with Gasteiger partial charge in [-0.15, -0.1) is 0 Å². The molecular weight excluding hydrogens is 242 g/mol. The predicted octanol–water partition coefficient (Wildman–Crippen LogP) is 1.51. The summed E-state index contributed by atoms with van der Waals surface area (Å²) in [5, 5.41) is 0. The number of amides is 1. The maximum Gasteiger partial charge on any atom is 0.240 e. The summed E-state index contributed by atoms with van der Waals surface area (Å²) in [5.41, 5.74) is 12.9. The summed E-state index contributed by atoms with van der Waals surface area (Å²) in [7, 11) is 0. The number of nitrogens with zero attached hydrogens (tertiary/aromatic N) is 1. The fourth-order valence-electron chi connectivity index (χ4n) is 2.52. The van der Waals surface area contributed by atoms with Gasteiger partial charge in [0.1, 0.15) is 11.8 Å². The summed E-state index contributed by atoms with van der Waals surface area (Å²) in [5.74, 6) is 0.392. The standard InChI is InChI=1S/C14H21N3O2/c1-2-19-13-9-10(6-7-11(13)15)17-8-4-3-5-12(17)14(16)18/h6-7,9,12H,2-5,8,15H2,1H3,(H2,16,18). The molecule has 1 saturated heterocycles. The van der Waals surface area contributed by atoms with E-state index >= 15 is 0 Å². The number of nitrogen functional groups attached to an aromatic ring is 1. The van der Waals surface area contributed by atoms with Gasteiger partial charge < -0.3 is 21.1 Å². The first-order chi connectivity index (χ1) is 9.13. The summed E-state index contributed by atoms with van der Waals surface area (Å²) in [6.45, 7) is 3.31. The molecule has 5 nitrogen and oxygen atoms in total. The number of hydrogen-bond donors (Lipinski definition) is 2. The summed E-state index contributed by atoms with van der Waals surface area (Å²) in [4.78, 5) is 13.6. The van der Waals surface area contributed by atoms with Crippen LogP contribution in [0.25, 0.3) is 0 Å². The zero-order chi connectivity index (χ0) is 13.8. The molecule has 5 heteroatoms. The van der Waals surface area contributed by atoms with E-state index in [0.29, 0.717) is 18.0 Å². The Kier molecular flexibility index (Phi) is 4.14. The number of nitrogens with two attached hydrogens (primary N) is 2. The maximum absolute atomic E-state index is 11.5. The minimum atomic E-state index is -0.269. The Morgan fingerprint density at radius 2 is 2.26 bits per heavy atom. The van der Waals surface area contributed by atoms with Crippen LogP contribution < -0.4 is 21.1 Å². The molecule has 1 amide bonds. The van der Waals surface area contributed by atoms with Crippen LogP contribution in [0.1, 0.15) is 26.2 Å². The molecule has 0 radical (unpaired) electrons. The minimum absolute atomic E-state index is 0.230. The number of anilines is 2. The lowest BCUT2D eigenvalue weighted by Gasteiger charge is -2.35. The fourth-order valence-corrected chi connectivity index (χ4v) is 2.52. The van der Waals surface area contributed by atoms with Crippen LogP contribution in [0.2, 0.25) is 0 Å². The molecule has 0 aromatic heterocycles. The van der Waals surface area contributed by atoms with Gasteiger partial charge in [-0.3, -0.25) is 4.79 Å². The number of piperidine rings is 1. The van der Waals surface area contributed by atoms with Crippen molar-refractivity contribution < 1.29 is 9.53 Å². The molecule has 0 saturated carbocycles. The number of rotatable bonds is 4. The Morgan fingerprint density at radius 3 is 2.95 bits per heavy atom. The highest BCUT2D eigenvalue weighted by atomic mass is 16.5. The summed E-state index contributed by atoms with van der Waals surface area (Å²) in [6, 6.07) is 5.39. The van der Waals surface area contributed by atoms with Crippen molar-refractivity contribution in [2.24, 2.45) is 5.73 Å². The maximum atomic E-state index is 11.5. The van der Waals surface area contributed by atoms with Crippen LogP contribution in [-0.4, -0.2) is 25.1 Å². The SMILES string of the molecule is CCOc1cc(N2CCCCC2C(N)=O)ccc1N. The first-order valence-electron chi connectivity index (χ1n) is 6.71. The van der Waals surface area contributed by atoms with Gasteiger partial charge in [-0.1, -0.05) is 0 Å². The van der Waals surface area contributed by atoms with E-state index in [-0.39, 0.29) is 11.9 Å². The Labute approximate surface area is 113 Å². The van der Waals surface area contributed by atoms with E-state index < -0.39 is 0 Å². The molecule has 0 spiro atoms. The molecule has 1 heterocycles. The van der Waals surface area contributed by atoms with Gasteiger partial charge in [-0.25, -0.2) is 0 Å². The molecular formula is C14H21N3O2. The normalized spacial score (nSPS) is 19.2. The molecule has 0 bridgehead atoms. The van der Waals surface area contributed by atoms with Crippen molar-refractivity contribution in [3.63, 3.8) is 0 Å². The third-order valence-corrected chi connectivity index (χ3v) is 3.46. The van der Waals surface area contributed by atoms with Crippen LogP contribution in [0.4, 0.5) is 11.4 Å². The Hall–Kier alpha value is -1.91. The molecule has 1 aliphatic rings. The molecule has 19 heavy (non-hydrogen) atoms. The average Bonchev–Trinajstić information content (AvgIpc) is 2.41. The van der Waals surface area contributed by atoms with Crippen LogP contribution in [0.5, 0.6) is 5.75 Å². The highest BCUT2D eigenvalue weighted by Crippen LogP contribution is 2.31. The lowest BCUT2D eigenvalue weighted by Crippen LogP contribution is -2.47. The van der Waals surface area contributed by atoms with Gasteiger partial charge in [0, 0.05) is 18.3 Å². The van der Waals surface area contributed by atoms with E-state index in [1.807, 2.05) is 30.0 Å². The lowest BCUT2D eigenvalue weighted by atomic mass is 10.0. The zero-order valence-corrected chi connectivity index (χ0v) is 11.3. The summed E-state index contributed by atoms with van der Waals surface area (Å²) >= 11 is 0. The molecule has 2 rings (SSSR count). The molecule has 4 N–H and O–H groups in total. The predicted molar refractivity (Wildman–Crippen MR) is 76.2 cm³/mol. The van der Waals surface area contributed by atoms with Crippen molar-refractivity contribution in [3.05, 3.63) is 18.2 Å². The topological polar surface area (TPSA) is 81.6 Å². The molecule has 1 aromatic rings. The third kappa shape index (κ3) is 2.92. The number of carbonyl (C=O) groups is 1. The Bertz CT molecular complexity index is 462. The number of hydrogen-bond acceptors (Lipinski definition) is 4. The van der Waals surface area contributed by atoms with Crippen LogP contribution in [0.3, 0.4) is 0 Å². The fraction of sp³-hybridized carbons (Fsp3) is 0.500. The van der Waals surface area contributed by atoms with Crippen LogP contribution in [0, 0.1) is 0 Å². The van der Waals surface area contributed by atoms with Crippen LogP contribution >= 0.6 is 0 Å². The number of primary amides is 1. The summed E-state index contributed by atoms with van der Waals surface area (Å²) < 4.78 is 5.50. The highest BCUT2D eigenvalue weighted by Gasteiger charge is 2.27. The molecule has 1 fully saturated rings. The number of carbonyl (C=O) groups excluding carboxylic acids is 1. The average molecular weight is 263 g/mol. The van der Waals surface area contributed by atoms with Gasteiger partial charge in [-0.05, 0) is 38.3 Å². The first-order valence-corrected chi connectivity index (χ1v) is 6.71. The Balaban J connectivity index is 2.28. The van der Waals surface area contributed by atoms with Gasteiger partial charge in [0.25, 0.3) is 0 Å². The minimum Gasteiger partial charge on any atom is -0.492 e. The van der Waals surface area contributed by atoms with Gasteiger partial charge in [-0.2, -0.15) is 0 Å². The van der Waals surface area contributed by atoms with E-state index in [9.17, 15) is 4.79 Å². The van der Waals surface area contributed by atoms with Crippen molar-refractivity contribution in [2.75, 3.05) is 23.8 Å². The molecule has 1 aliphatic heterocycles. The van der Waals surface area contributed by atoms with Crippen molar-refractivity contribution in [1.29, 1.82) is 0 Å². The van der Waals surface area contributed by atoms with Crippen LogP contribution in [-0.2, 0) is 4.79 Å². The van der Waals surface area contributed by atoms with Crippen LogP contribution in [0.15, 0.2) is 18.2 Å². The second kappa shape index (κ2) is 5.82. The second-order valence-corrected chi connectivity index (χ2v) is 4.76. The Morgan fingerprint density at radius 1 is 1.47 bits per heavy atom. The van der Waals surface area contributed by atoms with E-state index in [0.717, 1.165) is 31.5 Å². The van der Waals surface area contributed by atoms with E-state index in [1.54, 1.807) is 0 Å². The second-order valence-electron chi connectivity index (χ2n) is 4.76. The highest BCUT2D eigenvalue weighted by molar-refractivity contribution is 5.84. The third-order valence-electron chi connectivity index (χ3n) is 3.46. The zero-order valence-electron chi connectivity index (χ0n) is 11.3. The number of benzene rings is 1. The monoisotopic (exact) mass is 263 g/mol. The van der Waals surface area contributed by atoms with Gasteiger partial charge in [0.15, 0.2) is 0 Å². The van der Waals surface area contributed by atoms with Gasteiger partial charge in [0.05, 0.1) is 12.3 Å². The van der Waals surface area contributed by atoms with E-state index in [4.69, 9.17) is 16.2 Å². The molecule has 104 valence electrons. The van der Waals surface area contributed by atoms with Crippen molar-refractivity contribution in [2.45, 2.75) is 32.2 Å². The summed E-state index contributed by atoms with van der Waals surface area (Å²) in [6.07, 6.45) is 2.92. The molecule has 1 unspecified atom stereocenters. The van der Waals surface area contributed by atoms with E-state index in [1.165, 1.54) is 0 Å². The lowest BCUT2D eigenvalue weighted by molar-refractivity contribution is -0.119. The number of ether oxygens (including phenoxy) is 1. The molecule has 1 aromatic carbocycles. The van der Waals surface area contributed by atoms with E-state index in [2.05, 4.69) is 0 Å². The largest absolute Gasteiger partial charge is 0.492 e.